The molecule has 1 aromatic carbocycles. The minimum absolute atomic E-state index is 0.0538. The number of carbonyl (C=O) groups excluding carboxylic acids is 2. The number of aromatic nitrogens is 1. The average Bonchev–Trinajstić information content (AvgIpc) is 2.67. The number of Topliss-reactive ketones (excluding diaryl/α,β-unsaturated/α-hetero) is 1. The third-order valence-electron chi connectivity index (χ3n) is 4.69. The summed E-state index contributed by atoms with van der Waals surface area (Å²) in [5.74, 6) is -0.756. The van der Waals surface area contributed by atoms with Gasteiger partial charge in [-0.15, -0.1) is 0 Å². The summed E-state index contributed by atoms with van der Waals surface area (Å²) in [6.45, 7) is 0. The summed E-state index contributed by atoms with van der Waals surface area (Å²) < 4.78 is 13.2. The molecule has 0 aliphatic heterocycles. The van der Waals surface area contributed by atoms with Gasteiger partial charge >= 0.3 is 0 Å². The van der Waals surface area contributed by atoms with E-state index < -0.39 is 6.04 Å². The van der Waals surface area contributed by atoms with E-state index in [0.29, 0.717) is 11.1 Å². The molecule has 1 amide bonds. The topological polar surface area (TPSA) is 59.1 Å². The van der Waals surface area contributed by atoms with Gasteiger partial charge in [-0.1, -0.05) is 31.4 Å². The van der Waals surface area contributed by atoms with Gasteiger partial charge in [-0.25, -0.2) is 4.39 Å². The summed E-state index contributed by atoms with van der Waals surface area (Å²) in [6, 6.07) is 8.10. The lowest BCUT2D eigenvalue weighted by Gasteiger charge is -2.24. The van der Waals surface area contributed by atoms with E-state index in [0.717, 1.165) is 32.1 Å². The molecule has 5 heteroatoms. The van der Waals surface area contributed by atoms with E-state index in [2.05, 4.69) is 10.3 Å². The number of nitrogens with zero attached hydrogens (tertiary/aromatic N) is 1. The highest BCUT2D eigenvalue weighted by molar-refractivity contribution is 6.02. The Morgan fingerprint density at radius 2 is 1.64 bits per heavy atom. The molecular formula is C20H21FN2O2. The average molecular weight is 340 g/mol. The van der Waals surface area contributed by atoms with Crippen LogP contribution < -0.4 is 5.32 Å². The Labute approximate surface area is 146 Å². The second kappa shape index (κ2) is 8.01. The van der Waals surface area contributed by atoms with Crippen molar-refractivity contribution in [2.45, 2.75) is 38.1 Å². The van der Waals surface area contributed by atoms with Gasteiger partial charge in [0, 0.05) is 23.9 Å². The first-order valence-corrected chi connectivity index (χ1v) is 8.65. The van der Waals surface area contributed by atoms with Crippen molar-refractivity contribution in [3.05, 3.63) is 65.7 Å². The molecule has 1 N–H and O–H groups in total. The third-order valence-corrected chi connectivity index (χ3v) is 4.69. The van der Waals surface area contributed by atoms with Crippen LogP contribution in [-0.4, -0.2) is 16.7 Å². The minimum atomic E-state index is -0.822. The lowest BCUT2D eigenvalue weighted by Crippen LogP contribution is -2.38. The number of halogens is 1. The largest absolute Gasteiger partial charge is 0.342 e. The second-order valence-corrected chi connectivity index (χ2v) is 6.43. The van der Waals surface area contributed by atoms with Crippen LogP contribution in [0.1, 0.15) is 54.1 Å². The van der Waals surface area contributed by atoms with E-state index >= 15 is 0 Å². The van der Waals surface area contributed by atoms with Crippen LogP contribution in [-0.2, 0) is 4.79 Å². The summed E-state index contributed by atoms with van der Waals surface area (Å²) in [6.07, 6.45) is 8.02. The lowest BCUT2D eigenvalue weighted by molar-refractivity contribution is -0.126. The van der Waals surface area contributed by atoms with Crippen molar-refractivity contribution < 1.29 is 14.0 Å². The lowest BCUT2D eigenvalue weighted by atomic mass is 9.88. The number of hydrogen-bond donors (Lipinski definition) is 1. The zero-order valence-electron chi connectivity index (χ0n) is 14.0. The molecule has 25 heavy (non-hydrogen) atoms. The highest BCUT2D eigenvalue weighted by Crippen LogP contribution is 2.26. The van der Waals surface area contributed by atoms with Crippen molar-refractivity contribution in [3.63, 3.8) is 0 Å². The molecule has 1 atom stereocenters. The third kappa shape index (κ3) is 4.29. The number of amides is 1. The van der Waals surface area contributed by atoms with E-state index in [1.807, 2.05) is 0 Å². The second-order valence-electron chi connectivity index (χ2n) is 6.43. The number of benzene rings is 1. The quantitative estimate of drug-likeness (QED) is 0.841. The first kappa shape index (κ1) is 17.3. The van der Waals surface area contributed by atoms with E-state index in [-0.39, 0.29) is 23.4 Å². The number of hydrogen-bond acceptors (Lipinski definition) is 3. The summed E-state index contributed by atoms with van der Waals surface area (Å²) in [5, 5.41) is 2.89. The van der Waals surface area contributed by atoms with E-state index in [1.54, 1.807) is 24.3 Å². The van der Waals surface area contributed by atoms with E-state index in [9.17, 15) is 14.0 Å². The smallest absolute Gasteiger partial charge is 0.223 e. The van der Waals surface area contributed by atoms with Gasteiger partial charge in [0.05, 0.1) is 0 Å². The van der Waals surface area contributed by atoms with Gasteiger partial charge < -0.3 is 5.32 Å². The molecular weight excluding hydrogens is 319 g/mol. The zero-order valence-corrected chi connectivity index (χ0v) is 14.0. The first-order valence-electron chi connectivity index (χ1n) is 8.65. The van der Waals surface area contributed by atoms with Crippen LogP contribution in [0.4, 0.5) is 4.39 Å². The number of ketones is 1. The Morgan fingerprint density at radius 3 is 2.28 bits per heavy atom. The van der Waals surface area contributed by atoms with Crippen LogP contribution in [0.15, 0.2) is 48.8 Å². The highest BCUT2D eigenvalue weighted by Gasteiger charge is 2.28. The Kier molecular flexibility index (Phi) is 5.53. The predicted octanol–water partition coefficient (Wildman–Crippen LogP) is 3.84. The van der Waals surface area contributed by atoms with E-state index in [1.165, 1.54) is 24.5 Å². The van der Waals surface area contributed by atoms with Crippen molar-refractivity contribution in [2.75, 3.05) is 0 Å². The Morgan fingerprint density at radius 1 is 1.00 bits per heavy atom. The highest BCUT2D eigenvalue weighted by atomic mass is 19.1. The molecule has 0 radical (unpaired) electrons. The van der Waals surface area contributed by atoms with Crippen molar-refractivity contribution in [3.8, 4) is 0 Å². The Balaban J connectivity index is 1.84. The molecule has 0 spiro atoms. The zero-order chi connectivity index (χ0) is 17.6. The molecule has 0 saturated heterocycles. The number of rotatable bonds is 5. The van der Waals surface area contributed by atoms with Gasteiger partial charge in [0.25, 0.3) is 0 Å². The van der Waals surface area contributed by atoms with Crippen molar-refractivity contribution >= 4 is 11.7 Å². The monoisotopic (exact) mass is 340 g/mol. The molecule has 1 unspecified atom stereocenters. The number of carbonyl (C=O) groups is 2. The molecule has 130 valence electrons. The van der Waals surface area contributed by atoms with Gasteiger partial charge in [0.2, 0.25) is 5.91 Å². The van der Waals surface area contributed by atoms with Crippen LogP contribution in [0.3, 0.4) is 0 Å². The Bertz CT molecular complexity index is 725. The molecule has 1 saturated carbocycles. The molecule has 4 nitrogen and oxygen atoms in total. The standard InChI is InChI=1S/C20H21FN2O2/c21-17-8-6-14(7-9-17)18(19(24)15-10-12-22-13-11-15)23-20(25)16-4-2-1-3-5-16/h6-13,16,18H,1-5H2,(H,23,25). The minimum Gasteiger partial charge on any atom is -0.342 e. The SMILES string of the molecule is O=C(NC(C(=O)c1ccncc1)c1ccc(F)cc1)C1CCCCC1. The fraction of sp³-hybridized carbons (Fsp3) is 0.350. The fourth-order valence-corrected chi connectivity index (χ4v) is 3.26. The molecule has 2 aromatic rings. The van der Waals surface area contributed by atoms with Gasteiger partial charge in [-0.2, -0.15) is 0 Å². The summed E-state index contributed by atoms with van der Waals surface area (Å²) in [5.41, 5.74) is 1.04. The molecule has 1 aliphatic carbocycles. The number of pyridine rings is 1. The van der Waals surface area contributed by atoms with Crippen molar-refractivity contribution in [1.29, 1.82) is 0 Å². The Hall–Kier alpha value is -2.56. The van der Waals surface area contributed by atoms with E-state index in [4.69, 9.17) is 0 Å². The van der Waals surface area contributed by atoms with Crippen LogP contribution >= 0.6 is 0 Å². The van der Waals surface area contributed by atoms with Crippen molar-refractivity contribution in [1.82, 2.24) is 10.3 Å². The van der Waals surface area contributed by atoms with Gasteiger partial charge in [-0.05, 0) is 42.7 Å². The van der Waals surface area contributed by atoms with Crippen LogP contribution in [0.5, 0.6) is 0 Å². The molecule has 1 aliphatic rings. The maximum absolute atomic E-state index is 13.2. The molecule has 1 aromatic heterocycles. The van der Waals surface area contributed by atoms with Crippen LogP contribution in [0.2, 0.25) is 0 Å². The number of nitrogens with one attached hydrogen (secondary N) is 1. The summed E-state index contributed by atoms with van der Waals surface area (Å²) in [4.78, 5) is 29.5. The van der Waals surface area contributed by atoms with Crippen LogP contribution in [0, 0.1) is 11.7 Å². The van der Waals surface area contributed by atoms with Crippen molar-refractivity contribution in [2.24, 2.45) is 5.92 Å². The maximum atomic E-state index is 13.2. The molecule has 1 fully saturated rings. The summed E-state index contributed by atoms with van der Waals surface area (Å²) >= 11 is 0. The molecule has 0 bridgehead atoms. The van der Waals surface area contributed by atoms with Gasteiger partial charge in [-0.3, -0.25) is 14.6 Å². The van der Waals surface area contributed by atoms with Crippen LogP contribution in [0.25, 0.3) is 0 Å². The first-order chi connectivity index (χ1) is 12.1. The summed E-state index contributed by atoms with van der Waals surface area (Å²) in [7, 11) is 0. The maximum Gasteiger partial charge on any atom is 0.223 e. The normalized spacial score (nSPS) is 16.2. The molecule has 3 rings (SSSR count). The fourth-order valence-electron chi connectivity index (χ4n) is 3.26. The predicted molar refractivity (Wildman–Crippen MR) is 92.4 cm³/mol. The van der Waals surface area contributed by atoms with Gasteiger partial charge in [0.15, 0.2) is 5.78 Å². The molecule has 1 heterocycles. The van der Waals surface area contributed by atoms with Gasteiger partial charge in [0.1, 0.15) is 11.9 Å².